The van der Waals surface area contributed by atoms with Gasteiger partial charge in [0.15, 0.2) is 5.11 Å². The number of nitrogens with zero attached hydrogens (tertiary/aromatic N) is 1. The maximum Gasteiger partial charge on any atom is 0.337 e. The van der Waals surface area contributed by atoms with Crippen LogP contribution in [-0.2, 0) is 4.74 Å². The summed E-state index contributed by atoms with van der Waals surface area (Å²) >= 11 is 5.18. The first kappa shape index (κ1) is 17.6. The van der Waals surface area contributed by atoms with Crippen molar-refractivity contribution in [2.45, 2.75) is 13.8 Å². The standard InChI is InChI=1S/C18H19N3O2S/c1-12-4-5-15(13(2)10-12)11-19-21-18(24)20-16-8-6-14(7-9-16)17(22)23-3/h4-11H,1-3H3,(H2,20,21,24)/b19-11+. The Kier molecular flexibility index (Phi) is 6.03. The van der Waals surface area contributed by atoms with Crippen molar-refractivity contribution < 1.29 is 9.53 Å². The van der Waals surface area contributed by atoms with Gasteiger partial charge in [0, 0.05) is 5.69 Å². The van der Waals surface area contributed by atoms with E-state index in [1.54, 1.807) is 30.5 Å². The third-order valence-electron chi connectivity index (χ3n) is 3.36. The molecule has 0 radical (unpaired) electrons. The van der Waals surface area contributed by atoms with E-state index in [2.05, 4.69) is 33.6 Å². The summed E-state index contributed by atoms with van der Waals surface area (Å²) in [4.78, 5) is 11.4. The second-order valence-corrected chi connectivity index (χ2v) is 5.66. The predicted octanol–water partition coefficient (Wildman–Crippen LogP) is 3.41. The topological polar surface area (TPSA) is 62.7 Å². The van der Waals surface area contributed by atoms with Crippen LogP contribution in [0.3, 0.4) is 0 Å². The maximum absolute atomic E-state index is 11.4. The number of aryl methyl sites for hydroxylation is 2. The smallest absolute Gasteiger partial charge is 0.337 e. The Morgan fingerprint density at radius 2 is 1.88 bits per heavy atom. The average molecular weight is 341 g/mol. The van der Waals surface area contributed by atoms with Crippen LogP contribution in [0.1, 0.15) is 27.0 Å². The van der Waals surface area contributed by atoms with Crippen LogP contribution in [0.25, 0.3) is 0 Å². The van der Waals surface area contributed by atoms with E-state index in [1.165, 1.54) is 12.7 Å². The van der Waals surface area contributed by atoms with Gasteiger partial charge in [-0.3, -0.25) is 5.43 Å². The van der Waals surface area contributed by atoms with Crippen LogP contribution >= 0.6 is 12.2 Å². The fourth-order valence-corrected chi connectivity index (χ4v) is 2.27. The first-order valence-electron chi connectivity index (χ1n) is 7.35. The van der Waals surface area contributed by atoms with Crippen LogP contribution in [0, 0.1) is 13.8 Å². The highest BCUT2D eigenvalue weighted by Gasteiger charge is 2.04. The highest BCUT2D eigenvalue weighted by atomic mass is 32.1. The molecule has 0 unspecified atom stereocenters. The van der Waals surface area contributed by atoms with E-state index in [0.29, 0.717) is 10.7 Å². The number of carbonyl (C=O) groups excluding carboxylic acids is 1. The highest BCUT2D eigenvalue weighted by molar-refractivity contribution is 7.80. The van der Waals surface area contributed by atoms with E-state index in [-0.39, 0.29) is 5.97 Å². The minimum absolute atomic E-state index is 0.363. The Labute approximate surface area is 146 Å². The summed E-state index contributed by atoms with van der Waals surface area (Å²) in [7, 11) is 1.35. The van der Waals surface area contributed by atoms with Gasteiger partial charge >= 0.3 is 5.97 Å². The third-order valence-corrected chi connectivity index (χ3v) is 3.55. The van der Waals surface area contributed by atoms with E-state index in [1.807, 2.05) is 19.1 Å². The molecule has 0 saturated heterocycles. The average Bonchev–Trinajstić information content (AvgIpc) is 2.57. The lowest BCUT2D eigenvalue weighted by molar-refractivity contribution is 0.0601. The number of ether oxygens (including phenoxy) is 1. The SMILES string of the molecule is COC(=O)c1ccc(NC(=S)N/N=C/c2ccc(C)cc2C)cc1. The lowest BCUT2D eigenvalue weighted by Crippen LogP contribution is -2.23. The molecule has 2 aromatic rings. The van der Waals surface area contributed by atoms with Crippen molar-refractivity contribution >= 4 is 35.2 Å². The molecular weight excluding hydrogens is 322 g/mol. The van der Waals surface area contributed by atoms with Gasteiger partial charge in [0.05, 0.1) is 18.9 Å². The summed E-state index contributed by atoms with van der Waals surface area (Å²) in [6.07, 6.45) is 1.73. The second-order valence-electron chi connectivity index (χ2n) is 5.25. The molecule has 6 heteroatoms. The fourth-order valence-electron chi connectivity index (χ4n) is 2.10. The maximum atomic E-state index is 11.4. The highest BCUT2D eigenvalue weighted by Crippen LogP contribution is 2.10. The number of carbonyl (C=O) groups is 1. The Morgan fingerprint density at radius 1 is 1.17 bits per heavy atom. The lowest BCUT2D eigenvalue weighted by atomic mass is 10.1. The predicted molar refractivity (Wildman–Crippen MR) is 101 cm³/mol. The van der Waals surface area contributed by atoms with Gasteiger partial charge in [-0.25, -0.2) is 4.79 Å². The van der Waals surface area contributed by atoms with Crippen molar-refractivity contribution in [3.63, 3.8) is 0 Å². The zero-order chi connectivity index (χ0) is 17.5. The Balaban J connectivity index is 1.91. The summed E-state index contributed by atoms with van der Waals surface area (Å²) < 4.78 is 4.65. The fraction of sp³-hybridized carbons (Fsp3) is 0.167. The summed E-state index contributed by atoms with van der Waals surface area (Å²) in [5.41, 5.74) is 7.39. The van der Waals surface area contributed by atoms with Crippen molar-refractivity contribution in [3.05, 3.63) is 64.7 Å². The van der Waals surface area contributed by atoms with Crippen molar-refractivity contribution in [1.29, 1.82) is 0 Å². The van der Waals surface area contributed by atoms with Gasteiger partial charge in [-0.2, -0.15) is 5.10 Å². The molecule has 0 spiro atoms. The number of hydrazone groups is 1. The minimum Gasteiger partial charge on any atom is -0.465 e. The van der Waals surface area contributed by atoms with E-state index in [0.717, 1.165) is 16.8 Å². The number of rotatable bonds is 4. The molecule has 0 saturated carbocycles. The number of thiocarbonyl (C=S) groups is 1. The van der Waals surface area contributed by atoms with Gasteiger partial charge in [-0.05, 0) is 61.5 Å². The molecule has 0 heterocycles. The minimum atomic E-state index is -0.375. The molecule has 124 valence electrons. The van der Waals surface area contributed by atoms with Gasteiger partial charge in [-0.1, -0.05) is 23.8 Å². The number of esters is 1. The third kappa shape index (κ3) is 4.89. The lowest BCUT2D eigenvalue weighted by Gasteiger charge is -2.08. The first-order valence-corrected chi connectivity index (χ1v) is 7.76. The van der Waals surface area contributed by atoms with Gasteiger partial charge in [0.25, 0.3) is 0 Å². The van der Waals surface area contributed by atoms with Crippen LogP contribution in [-0.4, -0.2) is 24.4 Å². The zero-order valence-corrected chi connectivity index (χ0v) is 14.6. The Morgan fingerprint density at radius 3 is 2.50 bits per heavy atom. The van der Waals surface area contributed by atoms with Crippen LogP contribution in [0.2, 0.25) is 0 Å². The molecule has 0 aliphatic rings. The number of benzene rings is 2. The van der Waals surface area contributed by atoms with Crippen molar-refractivity contribution in [3.8, 4) is 0 Å². The molecule has 0 bridgehead atoms. The van der Waals surface area contributed by atoms with Crippen molar-refractivity contribution in [1.82, 2.24) is 5.43 Å². The molecule has 0 fully saturated rings. The van der Waals surface area contributed by atoms with E-state index in [9.17, 15) is 4.79 Å². The molecule has 0 atom stereocenters. The molecule has 5 nitrogen and oxygen atoms in total. The number of hydrogen-bond donors (Lipinski definition) is 2. The quantitative estimate of drug-likeness (QED) is 0.386. The molecule has 0 aliphatic heterocycles. The normalized spacial score (nSPS) is 10.5. The van der Waals surface area contributed by atoms with Crippen LogP contribution in [0.5, 0.6) is 0 Å². The molecule has 2 aromatic carbocycles. The summed E-state index contributed by atoms with van der Waals surface area (Å²) in [6.45, 7) is 4.09. The monoisotopic (exact) mass is 341 g/mol. The Bertz CT molecular complexity index is 770. The number of methoxy groups -OCH3 is 1. The van der Waals surface area contributed by atoms with E-state index >= 15 is 0 Å². The number of nitrogens with one attached hydrogen (secondary N) is 2. The van der Waals surface area contributed by atoms with Crippen LogP contribution in [0.15, 0.2) is 47.6 Å². The number of anilines is 1. The van der Waals surface area contributed by atoms with E-state index in [4.69, 9.17) is 12.2 Å². The van der Waals surface area contributed by atoms with Gasteiger partial charge in [0.2, 0.25) is 0 Å². The molecule has 0 amide bonds. The Hall–Kier alpha value is -2.73. The molecular formula is C18H19N3O2S. The molecule has 2 rings (SSSR count). The van der Waals surface area contributed by atoms with Gasteiger partial charge in [0.1, 0.15) is 0 Å². The second kappa shape index (κ2) is 8.21. The summed E-state index contributed by atoms with van der Waals surface area (Å²) in [5, 5.41) is 7.49. The van der Waals surface area contributed by atoms with Crippen LogP contribution in [0.4, 0.5) is 5.69 Å². The van der Waals surface area contributed by atoms with Crippen LogP contribution < -0.4 is 10.7 Å². The number of hydrogen-bond acceptors (Lipinski definition) is 4. The van der Waals surface area contributed by atoms with Gasteiger partial charge in [-0.15, -0.1) is 0 Å². The first-order chi connectivity index (χ1) is 11.5. The van der Waals surface area contributed by atoms with Crippen molar-refractivity contribution in [2.75, 3.05) is 12.4 Å². The summed E-state index contributed by atoms with van der Waals surface area (Å²) in [5.74, 6) is -0.375. The summed E-state index contributed by atoms with van der Waals surface area (Å²) in [6, 6.07) is 13.0. The molecule has 24 heavy (non-hydrogen) atoms. The zero-order valence-electron chi connectivity index (χ0n) is 13.8. The van der Waals surface area contributed by atoms with E-state index < -0.39 is 0 Å². The van der Waals surface area contributed by atoms with Gasteiger partial charge < -0.3 is 10.1 Å². The van der Waals surface area contributed by atoms with Crippen molar-refractivity contribution in [2.24, 2.45) is 5.10 Å². The largest absolute Gasteiger partial charge is 0.465 e. The molecule has 0 aliphatic carbocycles. The molecule has 2 N–H and O–H groups in total. The molecule has 0 aromatic heterocycles.